The highest BCUT2D eigenvalue weighted by Gasteiger charge is 2.19. The van der Waals surface area contributed by atoms with E-state index in [-0.39, 0.29) is 0 Å². The lowest BCUT2D eigenvalue weighted by atomic mass is 10.0. The van der Waals surface area contributed by atoms with Crippen LogP contribution in [0.2, 0.25) is 0 Å². The van der Waals surface area contributed by atoms with Crippen LogP contribution in [0.4, 0.5) is 0 Å². The van der Waals surface area contributed by atoms with Crippen molar-refractivity contribution in [3.05, 3.63) is 206 Å². The van der Waals surface area contributed by atoms with Crippen molar-refractivity contribution in [3.63, 3.8) is 0 Å². The predicted molar refractivity (Wildman–Crippen MR) is 244 cm³/mol. The molecule has 0 unspecified atom stereocenters. The minimum absolute atomic E-state index is 1.16. The highest BCUT2D eigenvalue weighted by Crippen LogP contribution is 2.43. The standard InChI is InChI=1S/C54H34N2S/c1-3-13-35(14-4-1)37-17-11-18-41(31-37)55-47-21-9-7-19-42(47)44-32-39(25-28-49(44)55)40-26-29-50-45(33-40)43-20-8-10-22-48(43)56(50)51-23-12-24-53-54(51)46-34-38(27-30-52(46)57-53)36-15-5-2-6-16-36/h1-34H. The molecule has 0 aliphatic carbocycles. The number of fused-ring (bicyclic) bond motifs is 9. The zero-order valence-electron chi connectivity index (χ0n) is 30.9. The first-order chi connectivity index (χ1) is 28.3. The molecule has 0 amide bonds. The number of hydrogen-bond donors (Lipinski definition) is 0. The van der Waals surface area contributed by atoms with Crippen molar-refractivity contribution in [2.75, 3.05) is 0 Å². The molecule has 0 spiro atoms. The Morgan fingerprint density at radius 2 is 0.772 bits per heavy atom. The van der Waals surface area contributed by atoms with Crippen LogP contribution in [0.25, 0.3) is 109 Å². The lowest BCUT2D eigenvalue weighted by Crippen LogP contribution is -1.94. The first kappa shape index (κ1) is 32.1. The fourth-order valence-electron chi connectivity index (χ4n) is 9.10. The number of thiophene rings is 1. The predicted octanol–water partition coefficient (Wildman–Crippen LogP) is 15.2. The maximum Gasteiger partial charge on any atom is 0.0555 e. The summed E-state index contributed by atoms with van der Waals surface area (Å²) < 4.78 is 7.50. The molecule has 0 radical (unpaired) electrons. The van der Waals surface area contributed by atoms with Gasteiger partial charge in [0.1, 0.15) is 0 Å². The molecule has 3 heterocycles. The fraction of sp³-hybridized carbons (Fsp3) is 0. The Kier molecular flexibility index (Phi) is 7.13. The SMILES string of the molecule is c1ccc(-c2cccc(-n3c4ccccc4c4cc(-c5ccc6c(c5)c5ccccc5n6-c5cccc6sc7ccc(-c8ccccc8)cc7c56)ccc43)c2)cc1. The monoisotopic (exact) mass is 742 g/mol. The van der Waals surface area contributed by atoms with Crippen LogP contribution in [0.1, 0.15) is 0 Å². The topological polar surface area (TPSA) is 9.86 Å². The van der Waals surface area contributed by atoms with Crippen LogP contribution in [-0.2, 0) is 0 Å². The van der Waals surface area contributed by atoms with Gasteiger partial charge in [0.05, 0.1) is 27.8 Å². The van der Waals surface area contributed by atoms with Gasteiger partial charge in [-0.1, -0.05) is 133 Å². The summed E-state index contributed by atoms with van der Waals surface area (Å²) in [5.41, 5.74) is 14.5. The first-order valence-corrected chi connectivity index (χ1v) is 20.3. The van der Waals surface area contributed by atoms with E-state index in [0.29, 0.717) is 0 Å². The van der Waals surface area contributed by atoms with Gasteiger partial charge in [-0.2, -0.15) is 0 Å². The number of para-hydroxylation sites is 2. The van der Waals surface area contributed by atoms with Crippen molar-refractivity contribution < 1.29 is 0 Å². The van der Waals surface area contributed by atoms with E-state index in [1.165, 1.54) is 103 Å². The molecule has 3 aromatic heterocycles. The molecule has 12 rings (SSSR count). The van der Waals surface area contributed by atoms with Gasteiger partial charge in [-0.25, -0.2) is 0 Å². The maximum atomic E-state index is 2.48. The summed E-state index contributed by atoms with van der Waals surface area (Å²) in [4.78, 5) is 0. The fourth-order valence-corrected chi connectivity index (χ4v) is 10.2. The molecule has 57 heavy (non-hydrogen) atoms. The van der Waals surface area contributed by atoms with Crippen LogP contribution >= 0.6 is 11.3 Å². The molecule has 0 bridgehead atoms. The van der Waals surface area contributed by atoms with Crippen molar-refractivity contribution in [1.82, 2.24) is 9.13 Å². The van der Waals surface area contributed by atoms with Crippen molar-refractivity contribution in [1.29, 1.82) is 0 Å². The smallest absolute Gasteiger partial charge is 0.0555 e. The highest BCUT2D eigenvalue weighted by atomic mass is 32.1. The molecule has 9 aromatic carbocycles. The quantitative estimate of drug-likeness (QED) is 0.166. The Bertz CT molecular complexity index is 3510. The Hall–Kier alpha value is -7.20. The van der Waals surface area contributed by atoms with Crippen LogP contribution in [0.15, 0.2) is 206 Å². The minimum Gasteiger partial charge on any atom is -0.309 e. The van der Waals surface area contributed by atoms with Gasteiger partial charge in [0.25, 0.3) is 0 Å². The zero-order chi connectivity index (χ0) is 37.5. The maximum absolute atomic E-state index is 2.48. The largest absolute Gasteiger partial charge is 0.309 e. The van der Waals surface area contributed by atoms with Crippen LogP contribution in [0.3, 0.4) is 0 Å². The van der Waals surface area contributed by atoms with E-state index in [4.69, 9.17) is 0 Å². The molecule has 0 saturated heterocycles. The number of rotatable bonds is 5. The third kappa shape index (κ3) is 5.03. The first-order valence-electron chi connectivity index (χ1n) is 19.5. The van der Waals surface area contributed by atoms with Crippen LogP contribution in [0, 0.1) is 0 Å². The Morgan fingerprint density at radius 3 is 1.46 bits per heavy atom. The van der Waals surface area contributed by atoms with Gasteiger partial charge in [-0.3, -0.25) is 0 Å². The number of benzene rings is 9. The van der Waals surface area contributed by atoms with E-state index in [0.717, 1.165) is 5.69 Å². The summed E-state index contributed by atoms with van der Waals surface area (Å²) in [5, 5.41) is 7.62. The lowest BCUT2D eigenvalue weighted by Gasteiger charge is -2.11. The average molecular weight is 743 g/mol. The summed E-state index contributed by atoms with van der Waals surface area (Å²) in [5.74, 6) is 0. The van der Waals surface area contributed by atoms with Crippen molar-refractivity contribution in [3.8, 4) is 44.8 Å². The van der Waals surface area contributed by atoms with Crippen LogP contribution in [0.5, 0.6) is 0 Å². The highest BCUT2D eigenvalue weighted by molar-refractivity contribution is 7.25. The molecule has 3 heteroatoms. The van der Waals surface area contributed by atoms with Gasteiger partial charge in [-0.05, 0) is 106 Å². The molecule has 0 fully saturated rings. The summed E-state index contributed by atoms with van der Waals surface area (Å²) in [6, 6.07) is 75.6. The molecular weight excluding hydrogens is 709 g/mol. The van der Waals surface area contributed by atoms with E-state index >= 15 is 0 Å². The molecular formula is C54H34N2S. The number of nitrogens with zero attached hydrogens (tertiary/aromatic N) is 2. The van der Waals surface area contributed by atoms with Gasteiger partial charge >= 0.3 is 0 Å². The Labute approximate surface area is 333 Å². The zero-order valence-corrected chi connectivity index (χ0v) is 31.7. The second kappa shape index (κ2) is 12.7. The van der Waals surface area contributed by atoms with E-state index < -0.39 is 0 Å². The number of aromatic nitrogens is 2. The summed E-state index contributed by atoms with van der Waals surface area (Å²) >= 11 is 1.87. The van der Waals surface area contributed by atoms with Crippen LogP contribution in [-0.4, -0.2) is 9.13 Å². The van der Waals surface area contributed by atoms with Gasteiger partial charge < -0.3 is 9.13 Å². The van der Waals surface area contributed by atoms with Crippen molar-refractivity contribution >= 4 is 75.1 Å². The molecule has 0 N–H and O–H groups in total. The molecule has 0 saturated carbocycles. The van der Waals surface area contributed by atoms with Gasteiger partial charge in [0, 0.05) is 47.4 Å². The second-order valence-electron chi connectivity index (χ2n) is 14.9. The molecule has 12 aromatic rings. The molecule has 0 aliphatic rings. The Balaban J connectivity index is 1.03. The molecule has 0 atom stereocenters. The van der Waals surface area contributed by atoms with Crippen molar-refractivity contribution in [2.45, 2.75) is 0 Å². The van der Waals surface area contributed by atoms with E-state index in [1.807, 2.05) is 11.3 Å². The molecule has 266 valence electrons. The normalized spacial score (nSPS) is 11.9. The second-order valence-corrected chi connectivity index (χ2v) is 16.0. The summed E-state index contributed by atoms with van der Waals surface area (Å²) in [6.45, 7) is 0. The number of hydrogen-bond acceptors (Lipinski definition) is 1. The van der Waals surface area contributed by atoms with Gasteiger partial charge in [0.2, 0.25) is 0 Å². The van der Waals surface area contributed by atoms with Gasteiger partial charge in [0.15, 0.2) is 0 Å². The molecule has 0 aliphatic heterocycles. The van der Waals surface area contributed by atoms with Crippen LogP contribution < -0.4 is 0 Å². The van der Waals surface area contributed by atoms with Crippen molar-refractivity contribution in [2.24, 2.45) is 0 Å². The third-order valence-electron chi connectivity index (χ3n) is 11.7. The summed E-state index contributed by atoms with van der Waals surface area (Å²) in [7, 11) is 0. The summed E-state index contributed by atoms with van der Waals surface area (Å²) in [6.07, 6.45) is 0. The molecule has 2 nitrogen and oxygen atoms in total. The average Bonchev–Trinajstić information content (AvgIpc) is 3.94. The Morgan fingerprint density at radius 1 is 0.281 bits per heavy atom. The third-order valence-corrected chi connectivity index (χ3v) is 12.8. The minimum atomic E-state index is 1.16. The van der Waals surface area contributed by atoms with E-state index in [2.05, 4.69) is 215 Å². The van der Waals surface area contributed by atoms with E-state index in [1.54, 1.807) is 0 Å². The van der Waals surface area contributed by atoms with E-state index in [9.17, 15) is 0 Å². The lowest BCUT2D eigenvalue weighted by molar-refractivity contribution is 1.18. The van der Waals surface area contributed by atoms with Gasteiger partial charge in [-0.15, -0.1) is 11.3 Å².